The van der Waals surface area contributed by atoms with Crippen LogP contribution in [0.1, 0.15) is 5.56 Å². The van der Waals surface area contributed by atoms with E-state index in [1.54, 1.807) is 24.9 Å². The average Bonchev–Trinajstić information content (AvgIpc) is 2.71. The summed E-state index contributed by atoms with van der Waals surface area (Å²) >= 11 is 5.70. The predicted molar refractivity (Wildman–Crippen MR) is 50.9 cm³/mol. The highest BCUT2D eigenvalue weighted by atomic mass is 35.5. The number of alkyl halides is 1. The first-order valence-corrected chi connectivity index (χ1v) is 4.42. The van der Waals surface area contributed by atoms with Crippen molar-refractivity contribution >= 4 is 11.6 Å². The minimum Gasteiger partial charge on any atom is -0.305 e. The normalized spacial score (nSPS) is 10.2. The molecule has 0 atom stereocenters. The summed E-state index contributed by atoms with van der Waals surface area (Å²) in [6, 6.07) is 1.99. The van der Waals surface area contributed by atoms with Gasteiger partial charge in [0, 0.05) is 24.5 Å². The third kappa shape index (κ3) is 1.70. The monoisotopic (exact) mass is 193 g/mol. The molecule has 3 nitrogen and oxygen atoms in total. The van der Waals surface area contributed by atoms with Gasteiger partial charge in [0.15, 0.2) is 0 Å². The Morgan fingerprint density at radius 1 is 1.31 bits per heavy atom. The molecular formula is C9H8ClN3. The zero-order chi connectivity index (χ0) is 9.10. The topological polar surface area (TPSA) is 30.7 Å². The third-order valence-electron chi connectivity index (χ3n) is 1.74. The maximum absolute atomic E-state index is 5.70. The molecule has 4 heteroatoms. The molecule has 66 valence electrons. The van der Waals surface area contributed by atoms with Crippen LogP contribution in [0.5, 0.6) is 0 Å². The van der Waals surface area contributed by atoms with E-state index in [2.05, 4.69) is 9.97 Å². The highest BCUT2D eigenvalue weighted by molar-refractivity contribution is 6.17. The van der Waals surface area contributed by atoms with Crippen LogP contribution >= 0.6 is 11.6 Å². The lowest BCUT2D eigenvalue weighted by atomic mass is 10.3. The number of hydrogen-bond donors (Lipinski definition) is 0. The van der Waals surface area contributed by atoms with Crippen molar-refractivity contribution in [3.63, 3.8) is 0 Å². The van der Waals surface area contributed by atoms with Crippen LogP contribution in [0, 0.1) is 0 Å². The summed E-state index contributed by atoms with van der Waals surface area (Å²) in [5.41, 5.74) is 1.99. The molecule has 0 aromatic carbocycles. The molecular weight excluding hydrogens is 186 g/mol. The van der Waals surface area contributed by atoms with Gasteiger partial charge in [-0.25, -0.2) is 4.98 Å². The van der Waals surface area contributed by atoms with E-state index in [9.17, 15) is 0 Å². The second-order valence-corrected chi connectivity index (χ2v) is 2.92. The van der Waals surface area contributed by atoms with Crippen molar-refractivity contribution < 1.29 is 0 Å². The molecule has 0 aliphatic rings. The Kier molecular flexibility index (Phi) is 2.27. The van der Waals surface area contributed by atoms with E-state index in [0.717, 1.165) is 11.3 Å². The Balaban J connectivity index is 2.41. The van der Waals surface area contributed by atoms with Crippen molar-refractivity contribution in [1.29, 1.82) is 0 Å². The summed E-state index contributed by atoms with van der Waals surface area (Å²) in [5, 5.41) is 0. The fourth-order valence-corrected chi connectivity index (χ4v) is 1.25. The molecule has 13 heavy (non-hydrogen) atoms. The number of hydrogen-bond acceptors (Lipinski definition) is 2. The molecule has 0 fully saturated rings. The van der Waals surface area contributed by atoms with Gasteiger partial charge in [0.1, 0.15) is 0 Å². The van der Waals surface area contributed by atoms with Gasteiger partial charge in [-0.3, -0.25) is 4.98 Å². The lowest BCUT2D eigenvalue weighted by molar-refractivity contribution is 1.03. The van der Waals surface area contributed by atoms with Gasteiger partial charge < -0.3 is 4.57 Å². The fraction of sp³-hybridized carbons (Fsp3) is 0.111. The van der Waals surface area contributed by atoms with Gasteiger partial charge in [0.25, 0.3) is 0 Å². The van der Waals surface area contributed by atoms with Gasteiger partial charge in [0.2, 0.25) is 0 Å². The van der Waals surface area contributed by atoms with Gasteiger partial charge in [-0.05, 0) is 11.6 Å². The summed E-state index contributed by atoms with van der Waals surface area (Å²) in [7, 11) is 0. The molecule has 0 spiro atoms. The van der Waals surface area contributed by atoms with Crippen LogP contribution in [0.3, 0.4) is 0 Å². The Morgan fingerprint density at radius 3 is 2.92 bits per heavy atom. The molecule has 0 radical (unpaired) electrons. The number of aromatic nitrogens is 3. The summed E-state index contributed by atoms with van der Waals surface area (Å²) in [5.74, 6) is 0.482. The zero-order valence-corrected chi connectivity index (χ0v) is 7.65. The molecule has 0 saturated carbocycles. The van der Waals surface area contributed by atoms with Crippen LogP contribution < -0.4 is 0 Å². The maximum Gasteiger partial charge on any atom is 0.0992 e. The van der Waals surface area contributed by atoms with Crippen molar-refractivity contribution in [1.82, 2.24) is 14.5 Å². The number of pyridine rings is 1. The average molecular weight is 194 g/mol. The van der Waals surface area contributed by atoms with Crippen molar-refractivity contribution in [2.75, 3.05) is 0 Å². The molecule has 0 aliphatic carbocycles. The van der Waals surface area contributed by atoms with Crippen molar-refractivity contribution in [3.8, 4) is 5.69 Å². The summed E-state index contributed by atoms with van der Waals surface area (Å²) in [4.78, 5) is 8.03. The van der Waals surface area contributed by atoms with Gasteiger partial charge in [-0.2, -0.15) is 0 Å². The summed E-state index contributed by atoms with van der Waals surface area (Å²) < 4.78 is 1.89. The van der Waals surface area contributed by atoms with Gasteiger partial charge in [0.05, 0.1) is 18.2 Å². The van der Waals surface area contributed by atoms with Crippen LogP contribution in [-0.2, 0) is 5.88 Å². The highest BCUT2D eigenvalue weighted by Gasteiger charge is 1.96. The molecule has 0 saturated heterocycles. The third-order valence-corrected chi connectivity index (χ3v) is 2.05. The molecule has 0 bridgehead atoms. The second kappa shape index (κ2) is 3.58. The molecule has 2 rings (SSSR count). The van der Waals surface area contributed by atoms with Crippen LogP contribution in [0.4, 0.5) is 0 Å². The van der Waals surface area contributed by atoms with E-state index in [1.807, 2.05) is 16.8 Å². The first kappa shape index (κ1) is 8.26. The highest BCUT2D eigenvalue weighted by Crippen LogP contribution is 2.09. The van der Waals surface area contributed by atoms with E-state index in [1.165, 1.54) is 0 Å². The zero-order valence-electron chi connectivity index (χ0n) is 6.89. The first-order chi connectivity index (χ1) is 6.40. The molecule has 0 N–H and O–H groups in total. The molecule has 0 amide bonds. The number of nitrogens with zero attached hydrogens (tertiary/aromatic N) is 3. The molecule has 2 aromatic heterocycles. The number of imidazole rings is 1. The first-order valence-electron chi connectivity index (χ1n) is 3.88. The van der Waals surface area contributed by atoms with E-state index in [-0.39, 0.29) is 0 Å². The molecule has 2 heterocycles. The molecule has 2 aromatic rings. The Labute approximate surface area is 81.0 Å². The van der Waals surface area contributed by atoms with Crippen molar-refractivity contribution in [2.24, 2.45) is 0 Å². The van der Waals surface area contributed by atoms with Crippen LogP contribution in [0.15, 0.2) is 37.2 Å². The minimum absolute atomic E-state index is 0.482. The molecule has 0 aliphatic heterocycles. The quantitative estimate of drug-likeness (QED) is 0.684. The van der Waals surface area contributed by atoms with Crippen molar-refractivity contribution in [3.05, 3.63) is 42.7 Å². The lowest BCUT2D eigenvalue weighted by Crippen LogP contribution is -1.92. The van der Waals surface area contributed by atoms with Gasteiger partial charge in [-0.1, -0.05) is 0 Å². The van der Waals surface area contributed by atoms with Crippen molar-refractivity contribution in [2.45, 2.75) is 5.88 Å². The van der Waals surface area contributed by atoms with E-state index < -0.39 is 0 Å². The van der Waals surface area contributed by atoms with Gasteiger partial charge in [-0.15, -0.1) is 11.6 Å². The molecule has 0 unspecified atom stereocenters. The van der Waals surface area contributed by atoms with Gasteiger partial charge >= 0.3 is 0 Å². The predicted octanol–water partition coefficient (Wildman–Crippen LogP) is 2.01. The second-order valence-electron chi connectivity index (χ2n) is 2.65. The minimum atomic E-state index is 0.482. The largest absolute Gasteiger partial charge is 0.305 e. The van der Waals surface area contributed by atoms with Crippen LogP contribution in [0.2, 0.25) is 0 Å². The van der Waals surface area contributed by atoms with E-state index in [4.69, 9.17) is 11.6 Å². The SMILES string of the molecule is ClCc1cncc(-n2ccnc2)c1. The number of rotatable bonds is 2. The lowest BCUT2D eigenvalue weighted by Gasteiger charge is -2.01. The van der Waals surface area contributed by atoms with Crippen LogP contribution in [0.25, 0.3) is 5.69 Å². The fourth-order valence-electron chi connectivity index (χ4n) is 1.10. The number of halogens is 1. The summed E-state index contributed by atoms with van der Waals surface area (Å²) in [6.45, 7) is 0. The Hall–Kier alpha value is -1.35. The summed E-state index contributed by atoms with van der Waals surface area (Å²) in [6.07, 6.45) is 8.86. The Morgan fingerprint density at radius 2 is 2.23 bits per heavy atom. The van der Waals surface area contributed by atoms with E-state index >= 15 is 0 Å². The Bertz CT molecular complexity index is 384. The maximum atomic E-state index is 5.70. The van der Waals surface area contributed by atoms with Crippen LogP contribution in [-0.4, -0.2) is 14.5 Å². The standard InChI is InChI=1S/C9H8ClN3/c10-4-8-3-9(6-12-5-8)13-2-1-11-7-13/h1-3,5-7H,4H2. The smallest absolute Gasteiger partial charge is 0.0992 e. The van der Waals surface area contributed by atoms with E-state index in [0.29, 0.717) is 5.88 Å².